The first kappa shape index (κ1) is 14.3. The molecule has 5 heteroatoms. The van der Waals surface area contributed by atoms with Crippen LogP contribution in [0, 0.1) is 11.7 Å². The normalized spacial score (nSPS) is 19.3. The van der Waals surface area contributed by atoms with E-state index < -0.39 is 5.82 Å². The smallest absolute Gasteiger partial charge is 0.220 e. The van der Waals surface area contributed by atoms with Gasteiger partial charge in [0.15, 0.2) is 0 Å². The summed E-state index contributed by atoms with van der Waals surface area (Å²) < 4.78 is 13.1. The summed E-state index contributed by atoms with van der Waals surface area (Å²) in [5, 5.41) is 0.149. The van der Waals surface area contributed by atoms with E-state index in [4.69, 9.17) is 17.3 Å². The van der Waals surface area contributed by atoms with Crippen molar-refractivity contribution < 1.29 is 9.18 Å². The van der Waals surface area contributed by atoms with Crippen molar-refractivity contribution in [2.45, 2.75) is 25.8 Å². The zero-order valence-corrected chi connectivity index (χ0v) is 11.7. The van der Waals surface area contributed by atoms with Crippen LogP contribution >= 0.6 is 11.6 Å². The second-order valence-electron chi connectivity index (χ2n) is 5.06. The molecule has 0 bridgehead atoms. The first-order valence-electron chi connectivity index (χ1n) is 6.47. The Balaban J connectivity index is 2.02. The number of carbonyl (C=O) groups is 1. The van der Waals surface area contributed by atoms with Crippen LogP contribution < -0.4 is 5.73 Å². The largest absolute Gasteiger partial charge is 0.369 e. The number of carbonyl (C=O) groups excluding carboxylic acids is 1. The third-order valence-electron chi connectivity index (χ3n) is 3.91. The predicted octanol–water partition coefficient (Wildman–Crippen LogP) is 2.74. The van der Waals surface area contributed by atoms with E-state index in [2.05, 4.69) is 11.8 Å². The number of hydrogen-bond donors (Lipinski definition) is 1. The number of nitrogens with zero attached hydrogens (tertiary/aromatic N) is 1. The summed E-state index contributed by atoms with van der Waals surface area (Å²) in [6, 6.07) is 4.98. The fraction of sp³-hybridized carbons (Fsp3) is 0.500. The maximum absolute atomic E-state index is 13.1. The summed E-state index contributed by atoms with van der Waals surface area (Å²) in [4.78, 5) is 13.4. The lowest BCUT2D eigenvalue weighted by Gasteiger charge is -2.35. The first-order chi connectivity index (χ1) is 8.99. The highest BCUT2D eigenvalue weighted by Crippen LogP contribution is 2.28. The molecule has 1 unspecified atom stereocenters. The maximum atomic E-state index is 13.1. The van der Waals surface area contributed by atoms with Crippen LogP contribution in [0.1, 0.15) is 31.4 Å². The van der Waals surface area contributed by atoms with Crippen molar-refractivity contribution >= 4 is 17.5 Å². The predicted molar refractivity (Wildman–Crippen MR) is 73.3 cm³/mol. The number of primary amides is 1. The van der Waals surface area contributed by atoms with Gasteiger partial charge >= 0.3 is 0 Å². The molecule has 0 spiro atoms. The van der Waals surface area contributed by atoms with E-state index in [0.29, 0.717) is 0 Å². The van der Waals surface area contributed by atoms with Crippen LogP contribution in [0.2, 0.25) is 5.02 Å². The quantitative estimate of drug-likeness (QED) is 0.928. The number of hydrogen-bond acceptors (Lipinski definition) is 2. The molecule has 0 aromatic heterocycles. The molecule has 2 N–H and O–H groups in total. The third kappa shape index (κ3) is 3.25. The van der Waals surface area contributed by atoms with Gasteiger partial charge in [-0.05, 0) is 50.6 Å². The fourth-order valence-electron chi connectivity index (χ4n) is 2.55. The molecule has 1 heterocycles. The number of likely N-dealkylation sites (tertiary alicyclic amines) is 1. The summed E-state index contributed by atoms with van der Waals surface area (Å²) in [5.41, 5.74) is 6.31. The highest BCUT2D eigenvalue weighted by Gasteiger charge is 2.26. The van der Waals surface area contributed by atoms with Gasteiger partial charge in [-0.1, -0.05) is 17.7 Å². The van der Waals surface area contributed by atoms with Crippen molar-refractivity contribution in [3.63, 3.8) is 0 Å². The molecular formula is C14H18ClFN2O. The molecule has 1 atom stereocenters. The van der Waals surface area contributed by atoms with Gasteiger partial charge in [-0.15, -0.1) is 0 Å². The number of piperidine rings is 1. The van der Waals surface area contributed by atoms with E-state index in [1.54, 1.807) is 12.1 Å². The van der Waals surface area contributed by atoms with Crippen LogP contribution in [0.4, 0.5) is 4.39 Å². The molecule has 1 aliphatic rings. The van der Waals surface area contributed by atoms with Crippen LogP contribution in [0.15, 0.2) is 18.2 Å². The summed E-state index contributed by atoms with van der Waals surface area (Å²) >= 11 is 5.81. The minimum absolute atomic E-state index is 0.0137. The molecule has 19 heavy (non-hydrogen) atoms. The molecule has 0 aliphatic carbocycles. The zero-order valence-electron chi connectivity index (χ0n) is 10.9. The van der Waals surface area contributed by atoms with E-state index in [-0.39, 0.29) is 22.9 Å². The number of nitrogens with two attached hydrogens (primary N) is 1. The Morgan fingerprint density at radius 2 is 2.11 bits per heavy atom. The molecule has 1 aromatic carbocycles. The SMILES string of the molecule is CC(c1ccc(F)c(Cl)c1)N1CCC(C(N)=O)CC1. The lowest BCUT2D eigenvalue weighted by Crippen LogP contribution is -2.39. The van der Waals surface area contributed by atoms with E-state index in [1.807, 2.05) is 0 Å². The molecule has 1 aromatic rings. The van der Waals surface area contributed by atoms with E-state index in [9.17, 15) is 9.18 Å². The Morgan fingerprint density at radius 3 is 2.63 bits per heavy atom. The molecule has 0 radical (unpaired) electrons. The van der Waals surface area contributed by atoms with E-state index in [1.165, 1.54) is 6.07 Å². The summed E-state index contributed by atoms with van der Waals surface area (Å²) in [7, 11) is 0. The second kappa shape index (κ2) is 5.88. The van der Waals surface area contributed by atoms with Gasteiger partial charge in [0.25, 0.3) is 0 Å². The van der Waals surface area contributed by atoms with Gasteiger partial charge in [-0.2, -0.15) is 0 Å². The molecule has 104 valence electrons. The standard InChI is InChI=1S/C14H18ClFN2O/c1-9(11-2-3-13(16)12(15)8-11)18-6-4-10(5-7-18)14(17)19/h2-3,8-10H,4-7H2,1H3,(H2,17,19). The van der Waals surface area contributed by atoms with Crippen LogP contribution in [0.5, 0.6) is 0 Å². The number of halogens is 2. The lowest BCUT2D eigenvalue weighted by atomic mass is 9.94. The number of amides is 1. The summed E-state index contributed by atoms with van der Waals surface area (Å²) in [5.74, 6) is -0.623. The van der Waals surface area contributed by atoms with Crippen molar-refractivity contribution in [3.05, 3.63) is 34.6 Å². The number of benzene rings is 1. The summed E-state index contributed by atoms with van der Waals surface area (Å²) in [6.07, 6.45) is 1.57. The molecule has 1 saturated heterocycles. The number of rotatable bonds is 3. The van der Waals surface area contributed by atoms with Gasteiger partial charge in [-0.25, -0.2) is 4.39 Å². The monoisotopic (exact) mass is 284 g/mol. The first-order valence-corrected chi connectivity index (χ1v) is 6.85. The van der Waals surface area contributed by atoms with Gasteiger partial charge in [0.05, 0.1) is 5.02 Å². The highest BCUT2D eigenvalue weighted by molar-refractivity contribution is 6.30. The average Bonchev–Trinajstić information content (AvgIpc) is 2.41. The minimum Gasteiger partial charge on any atom is -0.369 e. The van der Waals surface area contributed by atoms with Crippen molar-refractivity contribution in [2.24, 2.45) is 11.7 Å². The van der Waals surface area contributed by atoms with Crippen molar-refractivity contribution in [3.8, 4) is 0 Å². The van der Waals surface area contributed by atoms with Gasteiger partial charge in [0, 0.05) is 12.0 Å². The molecule has 2 rings (SSSR count). The van der Waals surface area contributed by atoms with Crippen LogP contribution in [-0.4, -0.2) is 23.9 Å². The van der Waals surface area contributed by atoms with E-state index >= 15 is 0 Å². The van der Waals surface area contributed by atoms with E-state index in [0.717, 1.165) is 31.5 Å². The van der Waals surface area contributed by atoms with Gasteiger partial charge < -0.3 is 5.73 Å². The molecule has 1 amide bonds. The zero-order chi connectivity index (χ0) is 14.0. The van der Waals surface area contributed by atoms with Crippen LogP contribution in [0.3, 0.4) is 0 Å². The van der Waals surface area contributed by atoms with Crippen molar-refractivity contribution in [2.75, 3.05) is 13.1 Å². The maximum Gasteiger partial charge on any atom is 0.220 e. The minimum atomic E-state index is -0.398. The van der Waals surface area contributed by atoms with Gasteiger partial charge in [-0.3, -0.25) is 9.69 Å². The topological polar surface area (TPSA) is 46.3 Å². The molecular weight excluding hydrogens is 267 g/mol. The molecule has 1 fully saturated rings. The fourth-order valence-corrected chi connectivity index (χ4v) is 2.74. The van der Waals surface area contributed by atoms with Gasteiger partial charge in [0.1, 0.15) is 5.82 Å². The Kier molecular flexibility index (Phi) is 4.42. The summed E-state index contributed by atoms with van der Waals surface area (Å²) in [6.45, 7) is 3.71. The van der Waals surface area contributed by atoms with Gasteiger partial charge in [0.2, 0.25) is 5.91 Å². The van der Waals surface area contributed by atoms with Crippen LogP contribution in [-0.2, 0) is 4.79 Å². The highest BCUT2D eigenvalue weighted by atomic mass is 35.5. The second-order valence-corrected chi connectivity index (χ2v) is 5.47. The lowest BCUT2D eigenvalue weighted by molar-refractivity contribution is -0.123. The van der Waals surface area contributed by atoms with Crippen molar-refractivity contribution in [1.82, 2.24) is 4.90 Å². The Morgan fingerprint density at radius 1 is 1.47 bits per heavy atom. The van der Waals surface area contributed by atoms with Crippen molar-refractivity contribution in [1.29, 1.82) is 0 Å². The third-order valence-corrected chi connectivity index (χ3v) is 4.20. The Bertz CT molecular complexity index is 473. The van der Waals surface area contributed by atoms with Crippen LogP contribution in [0.25, 0.3) is 0 Å². The molecule has 3 nitrogen and oxygen atoms in total. The Hall–Kier alpha value is -1.13. The average molecular weight is 285 g/mol. The molecule has 1 aliphatic heterocycles. The Labute approximate surface area is 117 Å². The molecule has 0 saturated carbocycles.